The fourth-order valence-electron chi connectivity index (χ4n) is 2.73. The molecule has 2 aliphatic carbocycles. The van der Waals surface area contributed by atoms with Crippen molar-refractivity contribution in [2.24, 2.45) is 5.92 Å². The highest BCUT2D eigenvalue weighted by atomic mass is 16.6. The molecular formula is C13H18O3. The summed E-state index contributed by atoms with van der Waals surface area (Å²) < 4.78 is 11.0. The topological polar surface area (TPSA) is 38.8 Å². The Kier molecular flexibility index (Phi) is 2.72. The minimum Gasteiger partial charge on any atom is -0.462 e. The normalized spacial score (nSPS) is 41.2. The molecule has 3 rings (SSSR count). The molecule has 0 bridgehead atoms. The predicted octanol–water partition coefficient (Wildman–Crippen LogP) is 2.21. The van der Waals surface area contributed by atoms with Crippen molar-refractivity contribution in [1.82, 2.24) is 0 Å². The second-order valence-corrected chi connectivity index (χ2v) is 5.05. The smallest absolute Gasteiger partial charge is 0.313 e. The standard InChI is InChI=1S/C13H18O3/c14-13(9-4-2-1-3-5-9)15-10-6-7-11-12(8-10)16-11/h2,4,9-12H,1,3,5-8H2. The SMILES string of the molecule is O=C(OC1CCC2OC2C1)C1C=CCCC1. The van der Waals surface area contributed by atoms with Gasteiger partial charge >= 0.3 is 5.97 Å². The van der Waals surface area contributed by atoms with E-state index >= 15 is 0 Å². The Morgan fingerprint density at radius 3 is 2.94 bits per heavy atom. The monoisotopic (exact) mass is 222 g/mol. The molecule has 88 valence electrons. The number of carbonyl (C=O) groups excluding carboxylic acids is 1. The molecule has 0 radical (unpaired) electrons. The molecule has 0 N–H and O–H groups in total. The lowest BCUT2D eigenvalue weighted by Crippen LogP contribution is -2.28. The summed E-state index contributed by atoms with van der Waals surface area (Å²) in [5.41, 5.74) is 0. The first-order chi connectivity index (χ1) is 7.83. The summed E-state index contributed by atoms with van der Waals surface area (Å²) in [4.78, 5) is 11.9. The van der Waals surface area contributed by atoms with Crippen molar-refractivity contribution in [2.45, 2.75) is 56.8 Å². The van der Waals surface area contributed by atoms with Gasteiger partial charge < -0.3 is 9.47 Å². The number of allylic oxidation sites excluding steroid dienone is 1. The minimum atomic E-state index is -0.0277. The van der Waals surface area contributed by atoms with Crippen molar-refractivity contribution in [3.63, 3.8) is 0 Å². The van der Waals surface area contributed by atoms with E-state index in [9.17, 15) is 4.79 Å². The zero-order valence-electron chi connectivity index (χ0n) is 9.43. The van der Waals surface area contributed by atoms with Crippen molar-refractivity contribution in [1.29, 1.82) is 0 Å². The van der Waals surface area contributed by atoms with E-state index in [2.05, 4.69) is 6.08 Å². The van der Waals surface area contributed by atoms with Gasteiger partial charge in [-0.2, -0.15) is 0 Å². The maximum Gasteiger partial charge on any atom is 0.313 e. The molecule has 0 aromatic rings. The van der Waals surface area contributed by atoms with Gasteiger partial charge in [0.2, 0.25) is 0 Å². The van der Waals surface area contributed by atoms with Gasteiger partial charge in [0, 0.05) is 6.42 Å². The first-order valence-electron chi connectivity index (χ1n) is 6.35. The van der Waals surface area contributed by atoms with Crippen LogP contribution in [0.2, 0.25) is 0 Å². The van der Waals surface area contributed by atoms with Crippen molar-refractivity contribution >= 4 is 5.97 Å². The van der Waals surface area contributed by atoms with Crippen LogP contribution in [0.25, 0.3) is 0 Å². The van der Waals surface area contributed by atoms with Crippen LogP contribution in [0, 0.1) is 5.92 Å². The average molecular weight is 222 g/mol. The summed E-state index contributed by atoms with van der Waals surface area (Å²) in [6.45, 7) is 0. The van der Waals surface area contributed by atoms with Gasteiger partial charge in [-0.1, -0.05) is 12.2 Å². The fourth-order valence-corrected chi connectivity index (χ4v) is 2.73. The molecule has 3 aliphatic rings. The van der Waals surface area contributed by atoms with Crippen LogP contribution in [-0.4, -0.2) is 24.3 Å². The number of fused-ring (bicyclic) bond motifs is 1. The van der Waals surface area contributed by atoms with Crippen LogP contribution in [0.4, 0.5) is 0 Å². The second-order valence-electron chi connectivity index (χ2n) is 5.05. The molecule has 0 aromatic carbocycles. The Labute approximate surface area is 95.8 Å². The molecule has 2 fully saturated rings. The molecule has 4 atom stereocenters. The van der Waals surface area contributed by atoms with Crippen molar-refractivity contribution in [3.8, 4) is 0 Å². The van der Waals surface area contributed by atoms with E-state index in [0.29, 0.717) is 12.2 Å². The summed E-state index contributed by atoms with van der Waals surface area (Å²) >= 11 is 0. The summed E-state index contributed by atoms with van der Waals surface area (Å²) in [5, 5.41) is 0. The van der Waals surface area contributed by atoms with Crippen molar-refractivity contribution in [3.05, 3.63) is 12.2 Å². The van der Waals surface area contributed by atoms with Crippen LogP contribution in [-0.2, 0) is 14.3 Å². The summed E-state index contributed by atoms with van der Waals surface area (Å²) in [6.07, 6.45) is 11.2. The molecule has 1 aliphatic heterocycles. The Hall–Kier alpha value is -0.830. The lowest BCUT2D eigenvalue weighted by molar-refractivity contribution is -0.153. The first-order valence-corrected chi connectivity index (χ1v) is 6.35. The minimum absolute atomic E-state index is 0.00611. The Balaban J connectivity index is 1.51. The quantitative estimate of drug-likeness (QED) is 0.408. The lowest BCUT2D eigenvalue weighted by atomic mass is 9.95. The van der Waals surface area contributed by atoms with E-state index in [4.69, 9.17) is 9.47 Å². The Morgan fingerprint density at radius 2 is 2.19 bits per heavy atom. The molecule has 0 spiro atoms. The molecule has 4 unspecified atom stereocenters. The van der Waals surface area contributed by atoms with Crippen molar-refractivity contribution in [2.75, 3.05) is 0 Å². The number of esters is 1. The maximum atomic E-state index is 11.9. The highest BCUT2D eigenvalue weighted by Crippen LogP contribution is 2.37. The van der Waals surface area contributed by atoms with E-state index in [1.807, 2.05) is 6.08 Å². The summed E-state index contributed by atoms with van der Waals surface area (Å²) in [6, 6.07) is 0. The van der Waals surface area contributed by atoms with Crippen LogP contribution < -0.4 is 0 Å². The Bertz CT molecular complexity index is 310. The molecule has 1 heterocycles. The molecule has 1 saturated carbocycles. The van der Waals surface area contributed by atoms with E-state index in [1.165, 1.54) is 0 Å². The van der Waals surface area contributed by atoms with Gasteiger partial charge in [0.25, 0.3) is 0 Å². The number of carbonyl (C=O) groups is 1. The summed E-state index contributed by atoms with van der Waals surface area (Å²) in [5.74, 6) is -0.0216. The van der Waals surface area contributed by atoms with E-state index in [-0.39, 0.29) is 18.0 Å². The van der Waals surface area contributed by atoms with Gasteiger partial charge in [0.1, 0.15) is 6.10 Å². The van der Waals surface area contributed by atoms with Gasteiger partial charge in [-0.05, 0) is 32.1 Å². The first kappa shape index (κ1) is 10.3. The van der Waals surface area contributed by atoms with Crippen LogP contribution in [0.3, 0.4) is 0 Å². The van der Waals surface area contributed by atoms with Gasteiger partial charge in [0.05, 0.1) is 18.1 Å². The largest absolute Gasteiger partial charge is 0.462 e. The number of epoxide rings is 1. The molecular weight excluding hydrogens is 204 g/mol. The van der Waals surface area contributed by atoms with E-state index in [0.717, 1.165) is 38.5 Å². The van der Waals surface area contributed by atoms with Crippen LogP contribution in [0.5, 0.6) is 0 Å². The second kappa shape index (κ2) is 4.21. The third kappa shape index (κ3) is 2.14. The Morgan fingerprint density at radius 1 is 1.25 bits per heavy atom. The molecule has 1 saturated heterocycles. The molecule has 3 nitrogen and oxygen atoms in total. The number of rotatable bonds is 2. The molecule has 3 heteroatoms. The zero-order chi connectivity index (χ0) is 11.0. The average Bonchev–Trinajstić information content (AvgIpc) is 3.08. The van der Waals surface area contributed by atoms with E-state index < -0.39 is 0 Å². The highest BCUT2D eigenvalue weighted by Gasteiger charge is 2.45. The molecule has 0 amide bonds. The number of hydrogen-bond acceptors (Lipinski definition) is 3. The fraction of sp³-hybridized carbons (Fsp3) is 0.769. The molecule has 0 aromatic heterocycles. The van der Waals surface area contributed by atoms with Gasteiger partial charge in [-0.3, -0.25) is 4.79 Å². The maximum absolute atomic E-state index is 11.9. The number of hydrogen-bond donors (Lipinski definition) is 0. The highest BCUT2D eigenvalue weighted by molar-refractivity contribution is 5.74. The third-order valence-corrected chi connectivity index (χ3v) is 3.80. The van der Waals surface area contributed by atoms with Crippen molar-refractivity contribution < 1.29 is 14.3 Å². The third-order valence-electron chi connectivity index (χ3n) is 3.80. The van der Waals surface area contributed by atoms with Crippen LogP contribution in [0.1, 0.15) is 38.5 Å². The summed E-state index contributed by atoms with van der Waals surface area (Å²) in [7, 11) is 0. The zero-order valence-corrected chi connectivity index (χ0v) is 9.43. The van der Waals surface area contributed by atoms with Gasteiger partial charge in [-0.25, -0.2) is 0 Å². The van der Waals surface area contributed by atoms with Crippen LogP contribution >= 0.6 is 0 Å². The van der Waals surface area contributed by atoms with Gasteiger partial charge in [0.15, 0.2) is 0 Å². The van der Waals surface area contributed by atoms with Crippen LogP contribution in [0.15, 0.2) is 12.2 Å². The van der Waals surface area contributed by atoms with Gasteiger partial charge in [-0.15, -0.1) is 0 Å². The predicted molar refractivity (Wildman–Crippen MR) is 58.9 cm³/mol. The number of ether oxygens (including phenoxy) is 2. The lowest BCUT2D eigenvalue weighted by Gasteiger charge is -2.22. The van der Waals surface area contributed by atoms with E-state index in [1.54, 1.807) is 0 Å². The molecule has 16 heavy (non-hydrogen) atoms.